The molecule has 0 aromatic heterocycles. The van der Waals surface area contributed by atoms with Crippen molar-refractivity contribution in [3.05, 3.63) is 68.8 Å². The second-order valence-electron chi connectivity index (χ2n) is 5.00. The molecule has 0 aliphatic carbocycles. The molecule has 4 heteroatoms. The largest absolute Gasteiger partial charge is 0.310 e. The van der Waals surface area contributed by atoms with Gasteiger partial charge < -0.3 is 5.32 Å². The van der Waals surface area contributed by atoms with Gasteiger partial charge in [-0.3, -0.25) is 0 Å². The van der Waals surface area contributed by atoms with Crippen LogP contribution in [0.25, 0.3) is 0 Å². The van der Waals surface area contributed by atoms with Crippen LogP contribution in [0, 0.1) is 15.2 Å². The fourth-order valence-electron chi connectivity index (χ4n) is 2.23. The average Bonchev–Trinajstić information content (AvgIpc) is 2.46. The van der Waals surface area contributed by atoms with Crippen LogP contribution in [0.4, 0.5) is 8.78 Å². The molecule has 2 aromatic rings. The number of benzene rings is 2. The van der Waals surface area contributed by atoms with Crippen molar-refractivity contribution in [2.24, 2.45) is 0 Å². The first-order valence-corrected chi connectivity index (χ1v) is 8.10. The molecule has 2 rings (SSSR count). The Bertz CT molecular complexity index is 584. The van der Waals surface area contributed by atoms with Crippen LogP contribution in [0.1, 0.15) is 30.5 Å². The number of rotatable bonds is 6. The highest BCUT2D eigenvalue weighted by Gasteiger charge is 2.14. The summed E-state index contributed by atoms with van der Waals surface area (Å²) in [6, 6.07) is 12.0. The summed E-state index contributed by atoms with van der Waals surface area (Å²) in [6.07, 6.45) is 1.51. The zero-order valence-corrected chi connectivity index (χ0v) is 14.0. The predicted octanol–water partition coefficient (Wildman–Crippen LogP) is 4.85. The van der Waals surface area contributed by atoms with Crippen molar-refractivity contribution in [3.63, 3.8) is 0 Å². The average molecular weight is 401 g/mol. The molecule has 112 valence electrons. The van der Waals surface area contributed by atoms with Gasteiger partial charge in [0.05, 0.1) is 0 Å². The van der Waals surface area contributed by atoms with Gasteiger partial charge in [0.1, 0.15) is 11.6 Å². The molecule has 0 radical (unpaired) electrons. The maximum atomic E-state index is 13.8. The topological polar surface area (TPSA) is 12.0 Å². The number of hydrogen-bond acceptors (Lipinski definition) is 1. The minimum absolute atomic E-state index is 0.0295. The molecular weight excluding hydrogens is 383 g/mol. The standard InChI is InChI=1S/C17H18F2IN/c1-2-9-21-17(12-4-7-15(20)8-5-12)10-13-3-6-14(18)11-16(13)19/h3-8,11,17,21H,2,9-10H2,1H3. The molecule has 0 heterocycles. The molecular formula is C17H18F2IN. The van der Waals surface area contributed by atoms with Crippen molar-refractivity contribution in [2.45, 2.75) is 25.8 Å². The molecule has 2 aromatic carbocycles. The molecule has 0 fully saturated rings. The molecule has 21 heavy (non-hydrogen) atoms. The molecule has 0 spiro atoms. The number of hydrogen-bond donors (Lipinski definition) is 1. The lowest BCUT2D eigenvalue weighted by Gasteiger charge is -2.19. The molecule has 0 aliphatic heterocycles. The van der Waals surface area contributed by atoms with E-state index in [1.54, 1.807) is 0 Å². The quantitative estimate of drug-likeness (QED) is 0.683. The zero-order valence-electron chi connectivity index (χ0n) is 11.9. The summed E-state index contributed by atoms with van der Waals surface area (Å²) >= 11 is 2.26. The normalized spacial score (nSPS) is 12.4. The van der Waals surface area contributed by atoms with E-state index in [9.17, 15) is 8.78 Å². The molecule has 1 N–H and O–H groups in total. The van der Waals surface area contributed by atoms with E-state index in [0.29, 0.717) is 12.0 Å². The summed E-state index contributed by atoms with van der Waals surface area (Å²) in [7, 11) is 0. The van der Waals surface area contributed by atoms with Gasteiger partial charge in [0.15, 0.2) is 0 Å². The Labute approximate surface area is 137 Å². The van der Waals surface area contributed by atoms with Gasteiger partial charge in [-0.2, -0.15) is 0 Å². The van der Waals surface area contributed by atoms with Crippen LogP contribution in [0.3, 0.4) is 0 Å². The van der Waals surface area contributed by atoms with E-state index < -0.39 is 11.6 Å². The molecule has 0 amide bonds. The van der Waals surface area contributed by atoms with Gasteiger partial charge in [-0.15, -0.1) is 0 Å². The predicted molar refractivity (Wildman–Crippen MR) is 90.3 cm³/mol. The Morgan fingerprint density at radius 2 is 1.81 bits per heavy atom. The van der Waals surface area contributed by atoms with E-state index in [0.717, 1.165) is 24.6 Å². The number of nitrogens with one attached hydrogen (secondary N) is 1. The van der Waals surface area contributed by atoms with Crippen molar-refractivity contribution >= 4 is 22.6 Å². The Balaban J connectivity index is 2.21. The summed E-state index contributed by atoms with van der Waals surface area (Å²) in [5, 5.41) is 3.43. The van der Waals surface area contributed by atoms with E-state index in [2.05, 4.69) is 47.0 Å². The van der Waals surface area contributed by atoms with E-state index in [4.69, 9.17) is 0 Å². The van der Waals surface area contributed by atoms with Gasteiger partial charge in [0, 0.05) is 15.7 Å². The minimum atomic E-state index is -0.538. The zero-order chi connectivity index (χ0) is 15.2. The van der Waals surface area contributed by atoms with E-state index in [1.807, 2.05) is 12.1 Å². The second-order valence-corrected chi connectivity index (χ2v) is 6.24. The lowest BCUT2D eigenvalue weighted by molar-refractivity contribution is 0.508. The Morgan fingerprint density at radius 3 is 2.43 bits per heavy atom. The maximum absolute atomic E-state index is 13.8. The number of halogens is 3. The summed E-state index contributed by atoms with van der Waals surface area (Å²) in [5.41, 5.74) is 1.65. The van der Waals surface area contributed by atoms with E-state index >= 15 is 0 Å². The Hall–Kier alpha value is -1.01. The van der Waals surface area contributed by atoms with Crippen molar-refractivity contribution < 1.29 is 8.78 Å². The Kier molecular flexibility index (Phi) is 6.11. The van der Waals surface area contributed by atoms with Crippen LogP contribution < -0.4 is 5.32 Å². The van der Waals surface area contributed by atoms with Gasteiger partial charge in [-0.25, -0.2) is 8.78 Å². The van der Waals surface area contributed by atoms with Gasteiger partial charge >= 0.3 is 0 Å². The highest BCUT2D eigenvalue weighted by atomic mass is 127. The first-order chi connectivity index (χ1) is 10.1. The summed E-state index contributed by atoms with van der Waals surface area (Å²) in [6.45, 7) is 2.95. The third kappa shape index (κ3) is 4.74. The summed E-state index contributed by atoms with van der Waals surface area (Å²) in [5.74, 6) is -1.02. The molecule has 0 saturated carbocycles. The van der Waals surface area contributed by atoms with Crippen LogP contribution in [0.15, 0.2) is 42.5 Å². The lowest BCUT2D eigenvalue weighted by Crippen LogP contribution is -2.24. The lowest BCUT2D eigenvalue weighted by atomic mass is 9.98. The van der Waals surface area contributed by atoms with Gasteiger partial charge in [-0.05, 0) is 71.3 Å². The first kappa shape index (κ1) is 16.4. The maximum Gasteiger partial charge on any atom is 0.129 e. The van der Waals surface area contributed by atoms with E-state index in [1.165, 1.54) is 15.7 Å². The van der Waals surface area contributed by atoms with Crippen LogP contribution in [-0.2, 0) is 6.42 Å². The highest BCUT2D eigenvalue weighted by Crippen LogP contribution is 2.22. The molecule has 0 aliphatic rings. The van der Waals surface area contributed by atoms with Gasteiger partial charge in [-0.1, -0.05) is 25.1 Å². The van der Waals surface area contributed by atoms with Crippen molar-refractivity contribution in [2.75, 3.05) is 6.54 Å². The summed E-state index contributed by atoms with van der Waals surface area (Å²) < 4.78 is 28.0. The molecule has 0 saturated heterocycles. The molecule has 1 nitrogen and oxygen atoms in total. The monoisotopic (exact) mass is 401 g/mol. The molecule has 0 bridgehead atoms. The van der Waals surface area contributed by atoms with Crippen LogP contribution in [0.2, 0.25) is 0 Å². The van der Waals surface area contributed by atoms with Gasteiger partial charge in [0.25, 0.3) is 0 Å². The smallest absolute Gasteiger partial charge is 0.129 e. The van der Waals surface area contributed by atoms with Crippen molar-refractivity contribution in [1.29, 1.82) is 0 Å². The SMILES string of the molecule is CCCNC(Cc1ccc(F)cc1F)c1ccc(I)cc1. The minimum Gasteiger partial charge on any atom is -0.310 e. The third-order valence-electron chi connectivity index (χ3n) is 3.35. The fraction of sp³-hybridized carbons (Fsp3) is 0.294. The first-order valence-electron chi connectivity index (χ1n) is 7.03. The van der Waals surface area contributed by atoms with Gasteiger partial charge in [0.2, 0.25) is 0 Å². The highest BCUT2D eigenvalue weighted by molar-refractivity contribution is 14.1. The third-order valence-corrected chi connectivity index (χ3v) is 4.07. The van der Waals surface area contributed by atoms with Crippen LogP contribution in [0.5, 0.6) is 0 Å². The Morgan fingerprint density at radius 1 is 1.10 bits per heavy atom. The van der Waals surface area contributed by atoms with E-state index in [-0.39, 0.29) is 6.04 Å². The van der Waals surface area contributed by atoms with Crippen molar-refractivity contribution in [3.8, 4) is 0 Å². The molecule has 1 atom stereocenters. The second kappa shape index (κ2) is 7.84. The van der Waals surface area contributed by atoms with Crippen LogP contribution >= 0.6 is 22.6 Å². The summed E-state index contributed by atoms with van der Waals surface area (Å²) in [4.78, 5) is 0. The van der Waals surface area contributed by atoms with Crippen LogP contribution in [-0.4, -0.2) is 6.54 Å². The molecule has 1 unspecified atom stereocenters. The fourth-order valence-corrected chi connectivity index (χ4v) is 2.59. The van der Waals surface area contributed by atoms with Crippen molar-refractivity contribution in [1.82, 2.24) is 5.32 Å².